The van der Waals surface area contributed by atoms with Crippen molar-refractivity contribution in [3.05, 3.63) is 47.5 Å². The van der Waals surface area contributed by atoms with E-state index in [-0.39, 0.29) is 5.91 Å². The molecule has 5 rings (SSSR count). The monoisotopic (exact) mass is 335 g/mol. The summed E-state index contributed by atoms with van der Waals surface area (Å²) in [5.74, 6) is 2.71. The molecule has 0 aliphatic heterocycles. The standard InChI is InChI=1S/C19H21N5O/c1-11-10-20-18-8-14(4-5-24(11)18)19(25)21-17-9-16(22-23-17)15-7-12-2-3-13(15)6-12/h4-5,8-10,12-13,15H,2-3,6-7H2,1H3,(H2,21,22,23,25). The van der Waals surface area contributed by atoms with Crippen LogP contribution in [-0.4, -0.2) is 25.5 Å². The number of fused-ring (bicyclic) bond motifs is 3. The van der Waals surface area contributed by atoms with Crippen LogP contribution in [0.2, 0.25) is 0 Å². The lowest BCUT2D eigenvalue weighted by atomic mass is 9.86. The molecule has 6 nitrogen and oxygen atoms in total. The molecule has 2 aliphatic carbocycles. The van der Waals surface area contributed by atoms with E-state index in [0.29, 0.717) is 17.3 Å². The molecule has 2 N–H and O–H groups in total. The summed E-state index contributed by atoms with van der Waals surface area (Å²) in [6.07, 6.45) is 9.00. The number of carbonyl (C=O) groups is 1. The van der Waals surface area contributed by atoms with Crippen molar-refractivity contribution in [3.8, 4) is 0 Å². The van der Waals surface area contributed by atoms with Gasteiger partial charge in [-0.1, -0.05) is 6.42 Å². The fourth-order valence-electron chi connectivity index (χ4n) is 4.65. The minimum atomic E-state index is -0.158. The van der Waals surface area contributed by atoms with Gasteiger partial charge in [0, 0.05) is 41.3 Å². The maximum atomic E-state index is 12.5. The first-order valence-electron chi connectivity index (χ1n) is 8.98. The van der Waals surface area contributed by atoms with Crippen LogP contribution in [-0.2, 0) is 0 Å². The van der Waals surface area contributed by atoms with E-state index in [2.05, 4.69) is 20.5 Å². The van der Waals surface area contributed by atoms with Crippen LogP contribution in [0.4, 0.5) is 5.82 Å². The molecule has 0 saturated heterocycles. The molecular weight excluding hydrogens is 314 g/mol. The molecule has 128 valence electrons. The summed E-state index contributed by atoms with van der Waals surface area (Å²) in [5.41, 5.74) is 3.57. The Balaban J connectivity index is 1.33. The minimum absolute atomic E-state index is 0.158. The highest BCUT2D eigenvalue weighted by atomic mass is 16.1. The van der Waals surface area contributed by atoms with Crippen molar-refractivity contribution in [2.75, 3.05) is 5.32 Å². The lowest BCUT2D eigenvalue weighted by Gasteiger charge is -2.19. The van der Waals surface area contributed by atoms with Crippen molar-refractivity contribution in [1.82, 2.24) is 19.6 Å². The third-order valence-electron chi connectivity index (χ3n) is 5.94. The first-order chi connectivity index (χ1) is 12.2. The molecule has 2 fully saturated rings. The third-order valence-corrected chi connectivity index (χ3v) is 5.94. The SMILES string of the molecule is Cc1cnc2cc(C(=O)Nc3cc(C4CC5CCC4C5)[nH]n3)ccn12. The van der Waals surface area contributed by atoms with Crippen molar-refractivity contribution in [1.29, 1.82) is 0 Å². The van der Waals surface area contributed by atoms with Gasteiger partial charge in [0.25, 0.3) is 5.91 Å². The van der Waals surface area contributed by atoms with Crippen LogP contribution < -0.4 is 5.32 Å². The number of carbonyl (C=O) groups excluding carboxylic acids is 1. The second kappa shape index (κ2) is 5.44. The van der Waals surface area contributed by atoms with E-state index < -0.39 is 0 Å². The third kappa shape index (κ3) is 2.44. The number of hydrogen-bond donors (Lipinski definition) is 2. The molecule has 1 amide bonds. The highest BCUT2D eigenvalue weighted by Crippen LogP contribution is 2.52. The molecule has 3 atom stereocenters. The molecule has 2 saturated carbocycles. The van der Waals surface area contributed by atoms with Gasteiger partial charge < -0.3 is 9.72 Å². The zero-order valence-electron chi connectivity index (χ0n) is 14.2. The van der Waals surface area contributed by atoms with Crippen molar-refractivity contribution >= 4 is 17.4 Å². The number of H-pyrrole nitrogens is 1. The van der Waals surface area contributed by atoms with Gasteiger partial charge >= 0.3 is 0 Å². The van der Waals surface area contributed by atoms with Crippen molar-refractivity contribution in [2.24, 2.45) is 11.8 Å². The first kappa shape index (κ1) is 14.7. The summed E-state index contributed by atoms with van der Waals surface area (Å²) < 4.78 is 1.96. The molecule has 0 radical (unpaired) electrons. The molecule has 25 heavy (non-hydrogen) atoms. The van der Waals surface area contributed by atoms with E-state index in [1.807, 2.05) is 23.6 Å². The average Bonchev–Trinajstić information content (AvgIpc) is 3.39. The number of hydrogen-bond acceptors (Lipinski definition) is 3. The Morgan fingerprint density at radius 2 is 2.24 bits per heavy atom. The number of nitrogens with zero attached hydrogens (tertiary/aromatic N) is 3. The van der Waals surface area contributed by atoms with Crippen molar-refractivity contribution in [3.63, 3.8) is 0 Å². The van der Waals surface area contributed by atoms with Gasteiger partial charge in [-0.15, -0.1) is 0 Å². The minimum Gasteiger partial charge on any atom is -0.305 e. The van der Waals surface area contributed by atoms with Crippen LogP contribution >= 0.6 is 0 Å². The van der Waals surface area contributed by atoms with Crippen molar-refractivity contribution < 1.29 is 4.79 Å². The average molecular weight is 335 g/mol. The highest BCUT2D eigenvalue weighted by Gasteiger charge is 2.40. The molecule has 0 spiro atoms. The number of amides is 1. The van der Waals surface area contributed by atoms with Crippen LogP contribution in [0.25, 0.3) is 5.65 Å². The lowest BCUT2D eigenvalue weighted by Crippen LogP contribution is -2.12. The first-order valence-corrected chi connectivity index (χ1v) is 8.98. The van der Waals surface area contributed by atoms with E-state index in [1.54, 1.807) is 18.3 Å². The number of pyridine rings is 1. The number of aryl methyl sites for hydroxylation is 1. The molecule has 2 aliphatic rings. The van der Waals surface area contributed by atoms with E-state index in [9.17, 15) is 4.79 Å². The maximum Gasteiger partial charge on any atom is 0.257 e. The number of nitrogens with one attached hydrogen (secondary N) is 2. The highest BCUT2D eigenvalue weighted by molar-refractivity contribution is 6.04. The quantitative estimate of drug-likeness (QED) is 0.769. The smallest absolute Gasteiger partial charge is 0.257 e. The summed E-state index contributed by atoms with van der Waals surface area (Å²) in [7, 11) is 0. The molecule has 3 aromatic rings. The molecule has 2 bridgehead atoms. The fourth-order valence-corrected chi connectivity index (χ4v) is 4.65. The summed E-state index contributed by atoms with van der Waals surface area (Å²) >= 11 is 0. The summed E-state index contributed by atoms with van der Waals surface area (Å²) in [5, 5.41) is 10.3. The Bertz CT molecular complexity index is 956. The predicted octanol–water partition coefficient (Wildman–Crippen LogP) is 3.52. The molecular formula is C19H21N5O. The zero-order valence-corrected chi connectivity index (χ0v) is 14.2. The Kier molecular flexibility index (Phi) is 3.20. The van der Waals surface area contributed by atoms with Crippen molar-refractivity contribution in [2.45, 2.75) is 38.5 Å². The van der Waals surface area contributed by atoms with Crippen LogP contribution in [0.5, 0.6) is 0 Å². The van der Waals surface area contributed by atoms with Crippen LogP contribution in [0, 0.1) is 18.8 Å². The lowest BCUT2D eigenvalue weighted by molar-refractivity contribution is 0.102. The number of aromatic amines is 1. The summed E-state index contributed by atoms with van der Waals surface area (Å²) in [6, 6.07) is 5.60. The second-order valence-corrected chi connectivity index (χ2v) is 7.49. The molecule has 3 unspecified atom stereocenters. The van der Waals surface area contributed by atoms with Crippen LogP contribution in [0.1, 0.15) is 53.3 Å². The van der Waals surface area contributed by atoms with Gasteiger partial charge in [0.2, 0.25) is 0 Å². The Morgan fingerprint density at radius 1 is 1.32 bits per heavy atom. The largest absolute Gasteiger partial charge is 0.305 e. The zero-order chi connectivity index (χ0) is 17.0. The van der Waals surface area contributed by atoms with Crippen LogP contribution in [0.15, 0.2) is 30.6 Å². The summed E-state index contributed by atoms with van der Waals surface area (Å²) in [6.45, 7) is 1.99. The molecule has 0 aromatic carbocycles. The summed E-state index contributed by atoms with van der Waals surface area (Å²) in [4.78, 5) is 16.8. The van der Waals surface area contributed by atoms with Gasteiger partial charge in [0.05, 0.1) is 0 Å². The van der Waals surface area contributed by atoms with E-state index >= 15 is 0 Å². The van der Waals surface area contributed by atoms with Gasteiger partial charge in [-0.2, -0.15) is 5.10 Å². The van der Waals surface area contributed by atoms with E-state index in [4.69, 9.17) is 0 Å². The number of rotatable bonds is 3. The Labute approximate surface area is 145 Å². The van der Waals surface area contributed by atoms with E-state index in [0.717, 1.165) is 23.2 Å². The molecule has 3 aromatic heterocycles. The van der Waals surface area contributed by atoms with E-state index in [1.165, 1.54) is 31.4 Å². The van der Waals surface area contributed by atoms with Gasteiger partial charge in [0.15, 0.2) is 5.82 Å². The number of anilines is 1. The van der Waals surface area contributed by atoms with Gasteiger partial charge in [-0.05, 0) is 50.2 Å². The van der Waals surface area contributed by atoms with Gasteiger partial charge in [-0.25, -0.2) is 4.98 Å². The Hall–Kier alpha value is -2.63. The maximum absolute atomic E-state index is 12.5. The van der Waals surface area contributed by atoms with Crippen LogP contribution in [0.3, 0.4) is 0 Å². The number of imidazole rings is 1. The predicted molar refractivity (Wildman–Crippen MR) is 94.7 cm³/mol. The topological polar surface area (TPSA) is 75.1 Å². The van der Waals surface area contributed by atoms with Gasteiger partial charge in [0.1, 0.15) is 5.65 Å². The Morgan fingerprint density at radius 3 is 3.04 bits per heavy atom. The number of aromatic nitrogens is 4. The normalized spacial score (nSPS) is 24.9. The fraction of sp³-hybridized carbons (Fsp3) is 0.421. The molecule has 3 heterocycles. The molecule has 6 heteroatoms. The van der Waals surface area contributed by atoms with Gasteiger partial charge in [-0.3, -0.25) is 9.89 Å². The second-order valence-electron chi connectivity index (χ2n) is 7.49.